The van der Waals surface area contributed by atoms with E-state index in [2.05, 4.69) is 48.8 Å². The molecule has 0 saturated heterocycles. The number of benzene rings is 1. The SMILES string of the molecule is C[SiH](C)c1c(S[Si](C)(C)C)cccc1C(=O)N=[N+]=[N-]. The van der Waals surface area contributed by atoms with Gasteiger partial charge in [-0.25, -0.2) is 0 Å². The maximum atomic E-state index is 11.9. The molecule has 0 radical (unpaired) electrons. The molecule has 0 bridgehead atoms. The smallest absolute Gasteiger partial charge is 0.249 e. The van der Waals surface area contributed by atoms with Crippen LogP contribution in [0.5, 0.6) is 0 Å². The molecule has 19 heavy (non-hydrogen) atoms. The second-order valence-electron chi connectivity index (χ2n) is 5.58. The highest BCUT2D eigenvalue weighted by Crippen LogP contribution is 2.28. The van der Waals surface area contributed by atoms with Gasteiger partial charge in [-0.3, -0.25) is 4.79 Å². The molecule has 0 unspecified atom stereocenters. The number of amides is 1. The summed E-state index contributed by atoms with van der Waals surface area (Å²) in [4.78, 5) is 15.7. The molecule has 0 N–H and O–H groups in total. The quantitative estimate of drug-likeness (QED) is 0.368. The maximum Gasteiger partial charge on any atom is 0.249 e. The molecule has 102 valence electrons. The average molecular weight is 310 g/mol. The molecule has 1 aromatic rings. The molecule has 0 aliphatic carbocycles. The van der Waals surface area contributed by atoms with Gasteiger partial charge in [0.25, 0.3) is 0 Å². The monoisotopic (exact) mass is 309 g/mol. The molecule has 1 rings (SSSR count). The molecular formula is C12H19N3OSSi2. The third-order valence-corrected chi connectivity index (χ3v) is 8.10. The fourth-order valence-corrected chi connectivity index (χ4v) is 8.12. The van der Waals surface area contributed by atoms with Crippen molar-refractivity contribution < 1.29 is 4.79 Å². The Morgan fingerprint density at radius 1 is 1.37 bits per heavy atom. The predicted molar refractivity (Wildman–Crippen MR) is 87.6 cm³/mol. The summed E-state index contributed by atoms with van der Waals surface area (Å²) in [7, 11) is -2.51. The van der Waals surface area contributed by atoms with Gasteiger partial charge in [0.1, 0.15) is 7.22 Å². The minimum atomic E-state index is -1.33. The van der Waals surface area contributed by atoms with E-state index in [-0.39, 0.29) is 0 Å². The van der Waals surface area contributed by atoms with Gasteiger partial charge in [-0.1, -0.05) is 44.9 Å². The molecule has 7 heteroatoms. The van der Waals surface area contributed by atoms with E-state index >= 15 is 0 Å². The van der Waals surface area contributed by atoms with Crippen LogP contribution in [0, 0.1) is 0 Å². The van der Waals surface area contributed by atoms with Crippen LogP contribution in [-0.4, -0.2) is 21.9 Å². The summed E-state index contributed by atoms with van der Waals surface area (Å²) in [6, 6.07) is 5.73. The molecule has 0 heterocycles. The van der Waals surface area contributed by atoms with Gasteiger partial charge in [-0.2, -0.15) is 11.2 Å². The Labute approximate surface area is 120 Å². The lowest BCUT2D eigenvalue weighted by Crippen LogP contribution is -2.32. The molecule has 1 amide bonds. The van der Waals surface area contributed by atoms with E-state index < -0.39 is 21.9 Å². The summed E-state index contributed by atoms with van der Waals surface area (Å²) in [5, 5.41) is 4.37. The van der Waals surface area contributed by atoms with Crippen molar-refractivity contribution in [2.24, 2.45) is 5.11 Å². The fraction of sp³-hybridized carbons (Fsp3) is 0.417. The molecular weight excluding hydrogens is 290 g/mol. The highest BCUT2D eigenvalue weighted by molar-refractivity contribution is 8.28. The second-order valence-corrected chi connectivity index (χ2v) is 17.6. The highest BCUT2D eigenvalue weighted by Gasteiger charge is 2.22. The van der Waals surface area contributed by atoms with Crippen LogP contribution in [0.4, 0.5) is 0 Å². The first kappa shape index (κ1) is 16.0. The number of rotatable bonds is 4. The summed E-state index contributed by atoms with van der Waals surface area (Å²) in [5.41, 5.74) is 9.02. The first-order valence-corrected chi connectivity index (χ1v) is 14.1. The third-order valence-electron chi connectivity index (χ3n) is 2.43. The van der Waals surface area contributed by atoms with Crippen molar-refractivity contribution in [2.75, 3.05) is 0 Å². The van der Waals surface area contributed by atoms with Crippen LogP contribution in [0.1, 0.15) is 10.4 Å². The van der Waals surface area contributed by atoms with E-state index in [1.165, 1.54) is 4.90 Å². The van der Waals surface area contributed by atoms with Crippen molar-refractivity contribution in [2.45, 2.75) is 37.6 Å². The van der Waals surface area contributed by atoms with Crippen LogP contribution in [0.25, 0.3) is 10.4 Å². The maximum absolute atomic E-state index is 11.9. The number of azide groups is 1. The molecule has 0 fully saturated rings. The van der Waals surface area contributed by atoms with E-state index in [1.807, 2.05) is 17.3 Å². The van der Waals surface area contributed by atoms with E-state index in [1.54, 1.807) is 6.07 Å². The number of nitrogens with zero attached hydrogens (tertiary/aromatic N) is 3. The largest absolute Gasteiger partial charge is 0.287 e. The lowest BCUT2D eigenvalue weighted by molar-refractivity contribution is 0.100. The summed E-state index contributed by atoms with van der Waals surface area (Å²) in [5.74, 6) is -0.461. The van der Waals surface area contributed by atoms with Crippen LogP contribution in [-0.2, 0) is 0 Å². The van der Waals surface area contributed by atoms with Gasteiger partial charge in [0, 0.05) is 15.4 Å². The van der Waals surface area contributed by atoms with Gasteiger partial charge in [0.2, 0.25) is 5.91 Å². The van der Waals surface area contributed by atoms with Gasteiger partial charge in [-0.15, -0.1) is 0 Å². The molecule has 0 aromatic heterocycles. The molecule has 4 nitrogen and oxygen atoms in total. The number of carbonyl (C=O) groups is 1. The van der Waals surface area contributed by atoms with Crippen LogP contribution in [0.15, 0.2) is 28.2 Å². The van der Waals surface area contributed by atoms with E-state index in [0.29, 0.717) is 5.56 Å². The lowest BCUT2D eigenvalue weighted by Gasteiger charge is -2.21. The Bertz CT molecular complexity index is 534. The third kappa shape index (κ3) is 4.54. The topological polar surface area (TPSA) is 65.8 Å². The van der Waals surface area contributed by atoms with E-state index in [9.17, 15) is 4.79 Å². The standard InChI is InChI=1S/C12H19N3OSSi2/c1-18(2)11-9(12(16)14-15-13)7-6-8-10(11)17-19(3,4)5/h6-8,18H,1-5H3. The van der Waals surface area contributed by atoms with Crippen LogP contribution in [0.3, 0.4) is 0 Å². The Balaban J connectivity index is 3.37. The molecule has 1 aromatic carbocycles. The highest BCUT2D eigenvalue weighted by atomic mass is 32.4. The van der Waals surface area contributed by atoms with E-state index in [4.69, 9.17) is 5.53 Å². The van der Waals surface area contributed by atoms with Crippen molar-refractivity contribution in [3.63, 3.8) is 0 Å². The normalized spacial score (nSPS) is 11.3. The molecule has 0 spiro atoms. The average Bonchev–Trinajstić information content (AvgIpc) is 2.26. The number of carbonyl (C=O) groups excluding carboxylic acids is 1. The Hall–Kier alpha value is -1.02. The van der Waals surface area contributed by atoms with E-state index in [0.717, 1.165) is 5.19 Å². The van der Waals surface area contributed by atoms with Crippen molar-refractivity contribution in [3.8, 4) is 0 Å². The molecule has 0 atom stereocenters. The van der Waals surface area contributed by atoms with Gasteiger partial charge in [0.05, 0.1) is 8.80 Å². The summed E-state index contributed by atoms with van der Waals surface area (Å²) in [6.45, 7) is 11.2. The molecule has 0 saturated carbocycles. The Kier molecular flexibility index (Phi) is 5.43. The lowest BCUT2D eigenvalue weighted by atomic mass is 10.2. The zero-order valence-corrected chi connectivity index (χ0v) is 14.9. The number of hydrogen-bond acceptors (Lipinski definition) is 2. The summed E-state index contributed by atoms with van der Waals surface area (Å²) in [6.07, 6.45) is 0. The predicted octanol–water partition coefficient (Wildman–Crippen LogP) is 3.76. The zero-order valence-electron chi connectivity index (χ0n) is 12.0. The van der Waals surface area contributed by atoms with Gasteiger partial charge in [0.15, 0.2) is 0 Å². The summed E-state index contributed by atoms with van der Waals surface area (Å²) >= 11 is 1.89. The zero-order chi connectivity index (χ0) is 14.6. The van der Waals surface area contributed by atoms with Gasteiger partial charge < -0.3 is 0 Å². The second kappa shape index (κ2) is 6.43. The van der Waals surface area contributed by atoms with Crippen LogP contribution < -0.4 is 5.19 Å². The van der Waals surface area contributed by atoms with Crippen molar-refractivity contribution in [3.05, 3.63) is 34.2 Å². The van der Waals surface area contributed by atoms with Crippen molar-refractivity contribution in [1.29, 1.82) is 0 Å². The molecule has 0 aliphatic rings. The fourth-order valence-electron chi connectivity index (χ4n) is 1.84. The minimum absolute atomic E-state index is 0.461. The Morgan fingerprint density at radius 3 is 2.47 bits per heavy atom. The van der Waals surface area contributed by atoms with Crippen molar-refractivity contribution in [1.82, 2.24) is 0 Å². The number of hydrogen-bond donors (Lipinski definition) is 0. The van der Waals surface area contributed by atoms with Gasteiger partial charge >= 0.3 is 0 Å². The molecule has 0 aliphatic heterocycles. The minimum Gasteiger partial charge on any atom is -0.287 e. The van der Waals surface area contributed by atoms with Crippen LogP contribution in [0.2, 0.25) is 32.7 Å². The summed E-state index contributed by atoms with van der Waals surface area (Å²) < 4.78 is 0. The first-order valence-electron chi connectivity index (χ1n) is 6.17. The van der Waals surface area contributed by atoms with Crippen LogP contribution >= 0.6 is 11.2 Å². The Morgan fingerprint density at radius 2 is 2.00 bits per heavy atom. The van der Waals surface area contributed by atoms with Crippen molar-refractivity contribution >= 4 is 38.3 Å². The first-order chi connectivity index (χ1) is 8.76. The van der Waals surface area contributed by atoms with Gasteiger partial charge in [-0.05, 0) is 21.9 Å².